The second-order valence-electron chi connectivity index (χ2n) is 11.6. The van der Waals surface area contributed by atoms with Gasteiger partial charge < -0.3 is 20.6 Å². The Morgan fingerprint density at radius 1 is 1.10 bits per heavy atom. The lowest BCUT2D eigenvalue weighted by Crippen LogP contribution is -2.56. The molecular weight excluding hydrogens is 500 g/mol. The highest BCUT2D eigenvalue weighted by Gasteiger charge is 2.54. The van der Waals surface area contributed by atoms with E-state index < -0.39 is 37.0 Å². The van der Waals surface area contributed by atoms with E-state index in [4.69, 9.17) is 5.48 Å². The highest BCUT2D eigenvalue weighted by molar-refractivity contribution is 5.94. The molecule has 0 radical (unpaired) electrons. The maximum atomic E-state index is 13.8. The second-order valence-corrected chi connectivity index (χ2v) is 11.6. The minimum atomic E-state index is -2.07. The van der Waals surface area contributed by atoms with Gasteiger partial charge in [0.25, 0.3) is 0 Å². The minimum absolute atomic E-state index is 0.162. The number of amides is 2. The van der Waals surface area contributed by atoms with Crippen LogP contribution in [0.25, 0.3) is 0 Å². The van der Waals surface area contributed by atoms with Crippen LogP contribution in [0, 0.1) is 0 Å². The van der Waals surface area contributed by atoms with E-state index in [1.807, 2.05) is 42.5 Å². The summed E-state index contributed by atoms with van der Waals surface area (Å²) in [7, 11) is 0. The van der Waals surface area contributed by atoms with Crippen LogP contribution in [0.5, 0.6) is 0 Å². The first-order chi connectivity index (χ1) is 20.8. The van der Waals surface area contributed by atoms with Gasteiger partial charge in [-0.25, -0.2) is 0 Å². The molecule has 2 aliphatic rings. The molecule has 0 aliphatic carbocycles. The molecule has 1 unspecified atom stereocenters. The van der Waals surface area contributed by atoms with E-state index in [-0.39, 0.29) is 24.9 Å². The molecule has 4 rings (SSSR count). The number of hydrogen-bond donors (Lipinski definition) is 3. The van der Waals surface area contributed by atoms with Crippen LogP contribution in [0.15, 0.2) is 54.6 Å². The monoisotopic (exact) mass is 556 g/mol. The number of aliphatic hydroxyl groups excluding tert-OH is 1. The Hall–Kier alpha value is -2.74. The number of carbonyl (C=O) groups is 2. The summed E-state index contributed by atoms with van der Waals surface area (Å²) in [6.07, 6.45) is -0.771. The lowest BCUT2D eigenvalue weighted by Gasteiger charge is -2.34. The number of rotatable bonds is 13. The third-order valence-electron chi connectivity index (χ3n) is 8.57. The minimum Gasteiger partial charge on any atom is -0.390 e. The summed E-state index contributed by atoms with van der Waals surface area (Å²) in [6, 6.07) is 16.7. The van der Waals surface area contributed by atoms with Crippen LogP contribution in [0.1, 0.15) is 81.4 Å². The second kappa shape index (κ2) is 13.7. The van der Waals surface area contributed by atoms with Crippen LogP contribution in [0.4, 0.5) is 0 Å². The fourth-order valence-corrected chi connectivity index (χ4v) is 6.12. The molecule has 7 heteroatoms. The van der Waals surface area contributed by atoms with Crippen molar-refractivity contribution in [2.75, 3.05) is 26.2 Å². The average molecular weight is 557 g/mol. The fourth-order valence-electron chi connectivity index (χ4n) is 6.12. The number of benzene rings is 2. The van der Waals surface area contributed by atoms with Crippen molar-refractivity contribution in [2.24, 2.45) is 0 Å². The summed E-state index contributed by atoms with van der Waals surface area (Å²) in [6.45, 7) is 5.91. The van der Waals surface area contributed by atoms with Crippen LogP contribution >= 0.6 is 0 Å². The Labute approximate surface area is 245 Å². The predicted molar refractivity (Wildman–Crippen MR) is 160 cm³/mol. The molecule has 3 N–H and O–H groups in total. The standard InChI is InChI=1S/C33H48N4O3/c1-5-17-36-18-10-15-33(36)16-19-37(32(33)40)25(4)31(39)35-29(21-26-11-7-6-8-12-26)30(38)23-34-22-27-13-9-14-28(20-27)24(2)3/h6-9,11-14,20,24-25,29-30,34,38H,5,10,15-19,21-23H2,1-4H3,(H,35,39)/t25?,29-,30+,33-/m0/s1/i1T2,5T2. The Kier molecular flexibility index (Phi) is 8.60. The quantitative estimate of drug-likeness (QED) is 0.349. The zero-order chi connectivity index (χ0) is 32.1. The van der Waals surface area contributed by atoms with Crippen molar-refractivity contribution in [3.63, 3.8) is 0 Å². The Morgan fingerprint density at radius 3 is 2.62 bits per heavy atom. The topological polar surface area (TPSA) is 84.9 Å². The molecule has 2 amide bonds. The number of nitrogens with one attached hydrogen (secondary N) is 2. The van der Waals surface area contributed by atoms with Crippen molar-refractivity contribution in [3.8, 4) is 0 Å². The Morgan fingerprint density at radius 2 is 1.88 bits per heavy atom. The van der Waals surface area contributed by atoms with Gasteiger partial charge >= 0.3 is 0 Å². The highest BCUT2D eigenvalue weighted by atomic mass is 16.3. The molecule has 0 saturated carbocycles. The molecule has 4 atom stereocenters. The Bertz CT molecular complexity index is 1260. The van der Waals surface area contributed by atoms with Gasteiger partial charge in [0.05, 0.1) is 12.1 Å². The number of nitrogens with zero attached hydrogens (tertiary/aromatic N) is 2. The summed E-state index contributed by atoms with van der Waals surface area (Å²) < 4.78 is 31.5. The highest BCUT2D eigenvalue weighted by Crippen LogP contribution is 2.39. The van der Waals surface area contributed by atoms with Crippen LogP contribution in [0.3, 0.4) is 0 Å². The molecule has 0 aromatic heterocycles. The van der Waals surface area contributed by atoms with Gasteiger partial charge in [-0.15, -0.1) is 0 Å². The molecule has 2 fully saturated rings. The van der Waals surface area contributed by atoms with E-state index in [0.717, 1.165) is 17.5 Å². The van der Waals surface area contributed by atoms with Crippen molar-refractivity contribution in [1.82, 2.24) is 20.4 Å². The first-order valence-electron chi connectivity index (χ1n) is 16.7. The maximum Gasteiger partial charge on any atom is 0.243 e. The fraction of sp³-hybridized carbons (Fsp3) is 0.576. The SMILES string of the molecule is [3H]C([3H])C([3H])([3H])CN1CCC[C@@]12CCN(C(C)C(=O)N[C@@H](Cc1ccccc1)[C@H](O)CNCc1cccc(C(C)C)c1)C2=O. The van der Waals surface area contributed by atoms with E-state index in [1.54, 1.807) is 16.7 Å². The van der Waals surface area contributed by atoms with Crippen LogP contribution in [-0.4, -0.2) is 76.6 Å². The zero-order valence-corrected chi connectivity index (χ0v) is 24.1. The van der Waals surface area contributed by atoms with Gasteiger partial charge in [0.1, 0.15) is 11.6 Å². The van der Waals surface area contributed by atoms with Crippen LogP contribution in [-0.2, 0) is 22.6 Å². The first-order valence-corrected chi connectivity index (χ1v) is 14.6. The molecule has 218 valence electrons. The van der Waals surface area contributed by atoms with Gasteiger partial charge in [-0.05, 0) is 74.7 Å². The molecular formula is C33H48N4O3. The zero-order valence-electron chi connectivity index (χ0n) is 28.1. The molecule has 2 aromatic carbocycles. The summed E-state index contributed by atoms with van der Waals surface area (Å²) in [5.74, 6) is -0.132. The van der Waals surface area contributed by atoms with E-state index in [2.05, 4.69) is 36.6 Å². The average Bonchev–Trinajstić information content (AvgIpc) is 3.54. The Balaban J connectivity index is 1.41. The van der Waals surface area contributed by atoms with Gasteiger partial charge in [-0.2, -0.15) is 0 Å². The van der Waals surface area contributed by atoms with Crippen molar-refractivity contribution in [2.45, 2.75) is 95.9 Å². The lowest BCUT2D eigenvalue weighted by molar-refractivity contribution is -0.143. The smallest absolute Gasteiger partial charge is 0.243 e. The van der Waals surface area contributed by atoms with Crippen molar-refractivity contribution < 1.29 is 20.2 Å². The predicted octanol–water partition coefficient (Wildman–Crippen LogP) is 3.85. The lowest BCUT2D eigenvalue weighted by atomic mass is 9.94. The van der Waals surface area contributed by atoms with E-state index >= 15 is 0 Å². The van der Waals surface area contributed by atoms with Crippen LogP contribution < -0.4 is 10.6 Å². The van der Waals surface area contributed by atoms with Gasteiger partial charge in [-0.1, -0.05) is 75.3 Å². The molecule has 2 aromatic rings. The van der Waals surface area contributed by atoms with E-state index in [1.165, 1.54) is 5.56 Å². The van der Waals surface area contributed by atoms with Crippen molar-refractivity contribution in [1.29, 1.82) is 0 Å². The molecule has 7 nitrogen and oxygen atoms in total. The summed E-state index contributed by atoms with van der Waals surface area (Å²) in [4.78, 5) is 30.8. The summed E-state index contributed by atoms with van der Waals surface area (Å²) in [5, 5.41) is 17.6. The number of likely N-dealkylation sites (tertiary alicyclic amines) is 2. The van der Waals surface area contributed by atoms with E-state index in [9.17, 15) is 14.7 Å². The van der Waals surface area contributed by atoms with Gasteiger partial charge in [0, 0.05) is 25.1 Å². The van der Waals surface area contributed by atoms with Gasteiger partial charge in [0.2, 0.25) is 11.8 Å². The van der Waals surface area contributed by atoms with Gasteiger partial charge in [-0.3, -0.25) is 14.5 Å². The largest absolute Gasteiger partial charge is 0.390 e. The third kappa shape index (κ3) is 6.93. The maximum absolute atomic E-state index is 13.8. The number of carbonyl (C=O) groups excluding carboxylic acids is 2. The molecule has 2 heterocycles. The van der Waals surface area contributed by atoms with Crippen LogP contribution in [0.2, 0.25) is 0 Å². The third-order valence-corrected chi connectivity index (χ3v) is 8.57. The molecule has 1 spiro atoms. The molecule has 2 saturated heterocycles. The first kappa shape index (κ1) is 25.0. The van der Waals surface area contributed by atoms with Gasteiger partial charge in [0.15, 0.2) is 0 Å². The summed E-state index contributed by atoms with van der Waals surface area (Å²) >= 11 is 0. The molecule has 40 heavy (non-hydrogen) atoms. The van der Waals surface area contributed by atoms with Crippen molar-refractivity contribution >= 4 is 11.8 Å². The van der Waals surface area contributed by atoms with Crippen molar-refractivity contribution in [3.05, 3.63) is 71.3 Å². The number of hydrogen-bond acceptors (Lipinski definition) is 5. The normalized spacial score (nSPS) is 23.6. The summed E-state index contributed by atoms with van der Waals surface area (Å²) in [5.41, 5.74) is 2.44. The molecule has 0 bridgehead atoms. The number of aliphatic hydroxyl groups is 1. The van der Waals surface area contributed by atoms with E-state index in [0.29, 0.717) is 44.8 Å². The molecule has 2 aliphatic heterocycles.